The maximum absolute atomic E-state index is 12.9. The van der Waals surface area contributed by atoms with E-state index in [2.05, 4.69) is 15.6 Å². The monoisotopic (exact) mass is 466 g/mol. The van der Waals surface area contributed by atoms with E-state index < -0.39 is 15.9 Å². The van der Waals surface area contributed by atoms with Gasteiger partial charge in [-0.1, -0.05) is 12.1 Å². The lowest BCUT2D eigenvalue weighted by molar-refractivity contribution is 0.0949. The average molecular weight is 467 g/mol. The van der Waals surface area contributed by atoms with Gasteiger partial charge in [0.25, 0.3) is 11.8 Å². The summed E-state index contributed by atoms with van der Waals surface area (Å²) in [6, 6.07) is 15.0. The van der Waals surface area contributed by atoms with E-state index in [1.807, 2.05) is 12.1 Å². The molecule has 0 fully saturated rings. The van der Waals surface area contributed by atoms with Crippen molar-refractivity contribution in [3.63, 3.8) is 0 Å². The number of hydrogen-bond donors (Lipinski definition) is 2. The van der Waals surface area contributed by atoms with Crippen molar-refractivity contribution >= 4 is 27.5 Å². The molecule has 0 atom stereocenters. The van der Waals surface area contributed by atoms with Gasteiger partial charge in [-0.25, -0.2) is 12.7 Å². The Labute approximate surface area is 193 Å². The fourth-order valence-corrected chi connectivity index (χ4v) is 4.36. The Morgan fingerprint density at radius 2 is 1.70 bits per heavy atom. The van der Waals surface area contributed by atoms with Crippen molar-refractivity contribution in [2.24, 2.45) is 0 Å². The van der Waals surface area contributed by atoms with Gasteiger partial charge in [0.15, 0.2) is 0 Å². The number of nitrogens with one attached hydrogen (secondary N) is 2. The summed E-state index contributed by atoms with van der Waals surface area (Å²) in [6.07, 6.45) is 1.65. The molecule has 0 radical (unpaired) electrons. The van der Waals surface area contributed by atoms with Crippen LogP contribution in [-0.2, 0) is 16.6 Å². The van der Waals surface area contributed by atoms with Crippen molar-refractivity contribution in [3.8, 4) is 0 Å². The van der Waals surface area contributed by atoms with Crippen LogP contribution in [0, 0.1) is 13.8 Å². The van der Waals surface area contributed by atoms with Gasteiger partial charge in [-0.05, 0) is 67.4 Å². The average Bonchev–Trinajstić information content (AvgIpc) is 2.79. The molecule has 2 aromatic carbocycles. The highest BCUT2D eigenvalue weighted by Gasteiger charge is 2.23. The largest absolute Gasteiger partial charge is 0.346 e. The molecule has 0 aliphatic carbocycles. The normalized spacial score (nSPS) is 11.3. The molecule has 0 unspecified atom stereocenters. The van der Waals surface area contributed by atoms with Gasteiger partial charge in [-0.3, -0.25) is 14.6 Å². The van der Waals surface area contributed by atoms with E-state index in [-0.39, 0.29) is 22.9 Å². The number of aryl methyl sites for hydroxylation is 1. The zero-order valence-corrected chi connectivity index (χ0v) is 19.7. The topological polar surface area (TPSA) is 108 Å². The molecule has 0 aliphatic rings. The van der Waals surface area contributed by atoms with Crippen LogP contribution in [0.1, 0.15) is 37.5 Å². The Morgan fingerprint density at radius 1 is 0.939 bits per heavy atom. The molecule has 1 heterocycles. The summed E-state index contributed by atoms with van der Waals surface area (Å²) in [7, 11) is -0.819. The smallest absolute Gasteiger partial charge is 0.255 e. The SMILES string of the molecule is Cc1cc(C(=O)Nc2cccc(C(=O)NCc3ccccn3)c2)cc(S(=O)(=O)N(C)C)c1C. The molecule has 2 amide bonds. The van der Waals surface area contributed by atoms with Gasteiger partial charge in [-0.15, -0.1) is 0 Å². The van der Waals surface area contributed by atoms with Crippen molar-refractivity contribution in [1.82, 2.24) is 14.6 Å². The van der Waals surface area contributed by atoms with Gasteiger partial charge in [0.1, 0.15) is 0 Å². The first-order valence-corrected chi connectivity index (χ1v) is 11.7. The Balaban J connectivity index is 1.78. The minimum atomic E-state index is -3.71. The maximum Gasteiger partial charge on any atom is 0.255 e. The zero-order valence-electron chi connectivity index (χ0n) is 18.9. The Bertz CT molecular complexity index is 1290. The van der Waals surface area contributed by atoms with Crippen LogP contribution in [0.3, 0.4) is 0 Å². The highest BCUT2D eigenvalue weighted by Crippen LogP contribution is 2.24. The third-order valence-electron chi connectivity index (χ3n) is 5.18. The molecule has 1 aromatic heterocycles. The molecular weight excluding hydrogens is 440 g/mol. The number of sulfonamides is 1. The molecule has 8 nitrogen and oxygen atoms in total. The lowest BCUT2D eigenvalue weighted by Crippen LogP contribution is -2.24. The molecule has 3 aromatic rings. The second-order valence-corrected chi connectivity index (χ2v) is 9.86. The van der Waals surface area contributed by atoms with Gasteiger partial charge < -0.3 is 10.6 Å². The molecule has 2 N–H and O–H groups in total. The quantitative estimate of drug-likeness (QED) is 0.556. The summed E-state index contributed by atoms with van der Waals surface area (Å²) in [6.45, 7) is 3.75. The van der Waals surface area contributed by atoms with Gasteiger partial charge >= 0.3 is 0 Å². The summed E-state index contributed by atoms with van der Waals surface area (Å²) >= 11 is 0. The van der Waals surface area contributed by atoms with Crippen LogP contribution in [0.15, 0.2) is 65.7 Å². The summed E-state index contributed by atoms with van der Waals surface area (Å²) in [4.78, 5) is 29.6. The molecule has 0 saturated carbocycles. The van der Waals surface area contributed by atoms with E-state index in [0.717, 1.165) is 10.00 Å². The predicted molar refractivity (Wildman–Crippen MR) is 127 cm³/mol. The minimum absolute atomic E-state index is 0.0836. The molecule has 0 saturated heterocycles. The van der Waals surface area contributed by atoms with Crippen molar-refractivity contribution in [2.75, 3.05) is 19.4 Å². The lowest BCUT2D eigenvalue weighted by atomic mass is 10.1. The fraction of sp³-hybridized carbons (Fsp3) is 0.208. The summed E-state index contributed by atoms with van der Waals surface area (Å²) < 4.78 is 26.4. The van der Waals surface area contributed by atoms with E-state index in [1.54, 1.807) is 56.4 Å². The Morgan fingerprint density at radius 3 is 2.36 bits per heavy atom. The summed E-state index contributed by atoms with van der Waals surface area (Å²) in [5.74, 6) is -0.776. The highest BCUT2D eigenvalue weighted by atomic mass is 32.2. The number of pyridine rings is 1. The number of hydrogen-bond acceptors (Lipinski definition) is 5. The van der Waals surface area contributed by atoms with Gasteiger partial charge in [0.05, 0.1) is 17.1 Å². The molecule has 3 rings (SSSR count). The third-order valence-corrected chi connectivity index (χ3v) is 7.12. The molecule has 9 heteroatoms. The molecular formula is C24H26N4O4S. The van der Waals surface area contributed by atoms with Crippen LogP contribution >= 0.6 is 0 Å². The maximum atomic E-state index is 12.9. The van der Waals surface area contributed by atoms with E-state index >= 15 is 0 Å². The summed E-state index contributed by atoms with van der Waals surface area (Å²) in [5.41, 5.74) is 3.01. The van der Waals surface area contributed by atoms with Crippen LogP contribution in [-0.4, -0.2) is 43.6 Å². The Kier molecular flexibility index (Phi) is 7.25. The second kappa shape index (κ2) is 9.93. The third kappa shape index (κ3) is 5.63. The van der Waals surface area contributed by atoms with Crippen molar-refractivity contribution in [1.29, 1.82) is 0 Å². The van der Waals surface area contributed by atoms with Crippen LogP contribution in [0.2, 0.25) is 0 Å². The number of anilines is 1. The fourth-order valence-electron chi connectivity index (χ4n) is 3.14. The standard InChI is InChI=1S/C24H26N4O4S/c1-16-12-19(14-22(17(16)2)33(31,32)28(3)4)24(30)27-20-10-7-8-18(13-20)23(29)26-15-21-9-5-6-11-25-21/h5-14H,15H2,1-4H3,(H,26,29)(H,27,30). The minimum Gasteiger partial charge on any atom is -0.346 e. The number of rotatable bonds is 7. The Hall–Kier alpha value is -3.56. The first-order valence-electron chi connectivity index (χ1n) is 10.2. The van der Waals surface area contributed by atoms with Crippen molar-refractivity contribution < 1.29 is 18.0 Å². The van der Waals surface area contributed by atoms with E-state index in [0.29, 0.717) is 22.4 Å². The summed E-state index contributed by atoms with van der Waals surface area (Å²) in [5, 5.41) is 5.53. The first kappa shape index (κ1) is 24.1. The molecule has 0 aliphatic heterocycles. The second-order valence-electron chi connectivity index (χ2n) is 7.74. The molecule has 0 bridgehead atoms. The van der Waals surface area contributed by atoms with Gasteiger partial charge in [0, 0.05) is 37.1 Å². The number of carbonyl (C=O) groups excluding carboxylic acids is 2. The number of carbonyl (C=O) groups is 2. The first-order chi connectivity index (χ1) is 15.6. The van der Waals surface area contributed by atoms with Crippen LogP contribution < -0.4 is 10.6 Å². The lowest BCUT2D eigenvalue weighted by Gasteiger charge is -2.16. The van der Waals surface area contributed by atoms with Crippen molar-refractivity contribution in [2.45, 2.75) is 25.3 Å². The molecule has 172 valence electrons. The van der Waals surface area contributed by atoms with E-state index in [4.69, 9.17) is 0 Å². The van der Waals surface area contributed by atoms with Crippen LogP contribution in [0.5, 0.6) is 0 Å². The number of aromatic nitrogens is 1. The van der Waals surface area contributed by atoms with Gasteiger partial charge in [0.2, 0.25) is 10.0 Å². The predicted octanol–water partition coefficient (Wildman–Crippen LogP) is 3.13. The number of benzene rings is 2. The number of nitrogens with zero attached hydrogens (tertiary/aromatic N) is 2. The van der Waals surface area contributed by atoms with Crippen LogP contribution in [0.4, 0.5) is 5.69 Å². The van der Waals surface area contributed by atoms with Crippen molar-refractivity contribution in [3.05, 3.63) is 88.7 Å². The van der Waals surface area contributed by atoms with Crippen LogP contribution in [0.25, 0.3) is 0 Å². The highest BCUT2D eigenvalue weighted by molar-refractivity contribution is 7.89. The van der Waals surface area contributed by atoms with E-state index in [9.17, 15) is 18.0 Å². The molecule has 0 spiro atoms. The van der Waals surface area contributed by atoms with Gasteiger partial charge in [-0.2, -0.15) is 0 Å². The zero-order chi connectivity index (χ0) is 24.2. The number of amides is 2. The molecule has 33 heavy (non-hydrogen) atoms. The van der Waals surface area contributed by atoms with E-state index in [1.165, 1.54) is 20.2 Å².